The van der Waals surface area contributed by atoms with Crippen molar-refractivity contribution in [3.8, 4) is 11.5 Å². The number of esters is 1. The SMILES string of the molecule is CCOC(=O)c1cnc(Cc2ccc(OC)c(OC)c2)c2ccccc12.Cl. The van der Waals surface area contributed by atoms with Crippen molar-refractivity contribution in [2.45, 2.75) is 13.3 Å². The number of aromatic nitrogens is 1. The predicted octanol–water partition coefficient (Wildman–Crippen LogP) is 4.44. The molecule has 0 aliphatic heterocycles. The van der Waals surface area contributed by atoms with Crippen LogP contribution < -0.4 is 9.47 Å². The molecule has 0 radical (unpaired) electrons. The molecule has 0 amide bonds. The van der Waals surface area contributed by atoms with Crippen LogP contribution in [-0.4, -0.2) is 31.8 Å². The summed E-state index contributed by atoms with van der Waals surface area (Å²) in [6, 6.07) is 13.5. The van der Waals surface area contributed by atoms with Crippen molar-refractivity contribution in [1.82, 2.24) is 4.98 Å². The van der Waals surface area contributed by atoms with Crippen molar-refractivity contribution in [2.75, 3.05) is 20.8 Å². The molecule has 5 nitrogen and oxygen atoms in total. The molecule has 0 N–H and O–H groups in total. The van der Waals surface area contributed by atoms with Gasteiger partial charge in [-0.15, -0.1) is 12.4 Å². The Morgan fingerprint density at radius 2 is 1.70 bits per heavy atom. The highest BCUT2D eigenvalue weighted by Gasteiger charge is 2.15. The molecule has 6 heteroatoms. The van der Waals surface area contributed by atoms with Crippen LogP contribution in [0.25, 0.3) is 10.8 Å². The van der Waals surface area contributed by atoms with Crippen LogP contribution in [0.1, 0.15) is 28.5 Å². The van der Waals surface area contributed by atoms with Gasteiger partial charge in [0, 0.05) is 18.0 Å². The number of carbonyl (C=O) groups is 1. The lowest BCUT2D eigenvalue weighted by Gasteiger charge is -2.12. The average Bonchev–Trinajstić information content (AvgIpc) is 2.68. The van der Waals surface area contributed by atoms with Gasteiger partial charge in [0.25, 0.3) is 0 Å². The minimum absolute atomic E-state index is 0. The van der Waals surface area contributed by atoms with E-state index < -0.39 is 0 Å². The molecule has 142 valence electrons. The number of hydrogen-bond donors (Lipinski definition) is 0. The molecule has 2 aromatic carbocycles. The fourth-order valence-electron chi connectivity index (χ4n) is 2.95. The first kappa shape index (κ1) is 20.5. The van der Waals surface area contributed by atoms with E-state index in [0.717, 1.165) is 22.0 Å². The van der Waals surface area contributed by atoms with E-state index in [1.165, 1.54) is 0 Å². The number of fused-ring (bicyclic) bond motifs is 1. The first-order valence-corrected chi connectivity index (χ1v) is 8.42. The summed E-state index contributed by atoms with van der Waals surface area (Å²) in [7, 11) is 3.23. The minimum Gasteiger partial charge on any atom is -0.493 e. The Morgan fingerprint density at radius 1 is 1.00 bits per heavy atom. The molecule has 0 spiro atoms. The molecule has 0 saturated heterocycles. The first-order valence-electron chi connectivity index (χ1n) is 8.42. The standard InChI is InChI=1S/C21H21NO4.ClH/c1-4-26-21(23)17-13-22-18(16-8-6-5-7-15(16)17)11-14-9-10-19(24-2)20(12-14)25-3;/h5-10,12-13H,4,11H2,1-3H3;1H. The Kier molecular flexibility index (Phi) is 7.02. The third-order valence-corrected chi connectivity index (χ3v) is 4.19. The van der Waals surface area contributed by atoms with Crippen molar-refractivity contribution in [2.24, 2.45) is 0 Å². The second-order valence-corrected chi connectivity index (χ2v) is 5.75. The number of ether oxygens (including phenoxy) is 3. The van der Waals surface area contributed by atoms with Gasteiger partial charge in [-0.3, -0.25) is 4.98 Å². The molecule has 0 saturated carbocycles. The van der Waals surface area contributed by atoms with Crippen molar-refractivity contribution < 1.29 is 19.0 Å². The quantitative estimate of drug-likeness (QED) is 0.585. The van der Waals surface area contributed by atoms with Crippen LogP contribution in [0, 0.1) is 0 Å². The average molecular weight is 388 g/mol. The van der Waals surface area contributed by atoms with Crippen LogP contribution >= 0.6 is 12.4 Å². The fraction of sp³-hybridized carbons (Fsp3) is 0.238. The number of benzene rings is 2. The Bertz CT molecular complexity index is 943. The second-order valence-electron chi connectivity index (χ2n) is 5.75. The molecule has 27 heavy (non-hydrogen) atoms. The normalized spacial score (nSPS) is 10.2. The number of hydrogen-bond acceptors (Lipinski definition) is 5. The number of carbonyl (C=O) groups excluding carboxylic acids is 1. The third kappa shape index (κ3) is 4.31. The fourth-order valence-corrected chi connectivity index (χ4v) is 2.95. The van der Waals surface area contributed by atoms with Gasteiger partial charge in [0.05, 0.1) is 32.1 Å². The van der Waals surface area contributed by atoms with Crippen LogP contribution in [0.3, 0.4) is 0 Å². The lowest BCUT2D eigenvalue weighted by atomic mass is 10.0. The monoisotopic (exact) mass is 387 g/mol. The molecular weight excluding hydrogens is 366 g/mol. The van der Waals surface area contributed by atoms with E-state index in [0.29, 0.717) is 30.1 Å². The molecular formula is C21H22ClNO4. The Morgan fingerprint density at radius 3 is 2.37 bits per heavy atom. The maximum absolute atomic E-state index is 12.2. The van der Waals surface area contributed by atoms with Crippen LogP contribution in [0.4, 0.5) is 0 Å². The summed E-state index contributed by atoms with van der Waals surface area (Å²) in [5.74, 6) is 1.01. The maximum atomic E-state index is 12.2. The van der Waals surface area contributed by atoms with Gasteiger partial charge < -0.3 is 14.2 Å². The second kappa shape index (κ2) is 9.24. The van der Waals surface area contributed by atoms with Gasteiger partial charge in [0.15, 0.2) is 11.5 Å². The van der Waals surface area contributed by atoms with Gasteiger partial charge in [-0.05, 0) is 30.0 Å². The number of rotatable bonds is 6. The molecule has 0 aliphatic carbocycles. The Hall–Kier alpha value is -2.79. The van der Waals surface area contributed by atoms with Crippen LogP contribution in [-0.2, 0) is 11.2 Å². The molecule has 3 aromatic rings. The molecule has 0 bridgehead atoms. The van der Waals surface area contributed by atoms with Crippen molar-refractivity contribution in [3.05, 3.63) is 65.5 Å². The number of pyridine rings is 1. The highest BCUT2D eigenvalue weighted by Crippen LogP contribution is 2.30. The van der Waals surface area contributed by atoms with E-state index in [-0.39, 0.29) is 18.4 Å². The molecule has 0 aliphatic rings. The topological polar surface area (TPSA) is 57.7 Å². The summed E-state index contributed by atoms with van der Waals surface area (Å²) in [6.07, 6.45) is 2.21. The van der Waals surface area contributed by atoms with Gasteiger partial charge >= 0.3 is 5.97 Å². The summed E-state index contributed by atoms with van der Waals surface area (Å²) in [5, 5.41) is 1.78. The molecule has 1 heterocycles. The lowest BCUT2D eigenvalue weighted by Crippen LogP contribution is -2.07. The van der Waals surface area contributed by atoms with Gasteiger partial charge in [-0.2, -0.15) is 0 Å². The summed E-state index contributed by atoms with van der Waals surface area (Å²) in [5.41, 5.74) is 2.42. The van der Waals surface area contributed by atoms with E-state index in [9.17, 15) is 4.79 Å². The van der Waals surface area contributed by atoms with E-state index in [1.807, 2.05) is 42.5 Å². The van der Waals surface area contributed by atoms with Crippen molar-refractivity contribution in [3.63, 3.8) is 0 Å². The Balaban J connectivity index is 0.00000261. The summed E-state index contributed by atoms with van der Waals surface area (Å²) in [4.78, 5) is 16.7. The van der Waals surface area contributed by atoms with Gasteiger partial charge in [-0.1, -0.05) is 30.3 Å². The largest absolute Gasteiger partial charge is 0.493 e. The molecule has 0 fully saturated rings. The zero-order valence-corrected chi connectivity index (χ0v) is 16.3. The highest BCUT2D eigenvalue weighted by molar-refractivity contribution is 6.04. The molecule has 1 aromatic heterocycles. The van der Waals surface area contributed by atoms with Crippen LogP contribution in [0.15, 0.2) is 48.7 Å². The lowest BCUT2D eigenvalue weighted by molar-refractivity contribution is 0.0528. The number of halogens is 1. The van der Waals surface area contributed by atoms with E-state index >= 15 is 0 Å². The van der Waals surface area contributed by atoms with Gasteiger partial charge in [0.1, 0.15) is 0 Å². The maximum Gasteiger partial charge on any atom is 0.340 e. The van der Waals surface area contributed by atoms with Gasteiger partial charge in [0.2, 0.25) is 0 Å². The van der Waals surface area contributed by atoms with E-state index in [2.05, 4.69) is 4.98 Å². The minimum atomic E-state index is -0.353. The molecule has 0 atom stereocenters. The first-order chi connectivity index (χ1) is 12.7. The predicted molar refractivity (Wildman–Crippen MR) is 107 cm³/mol. The zero-order valence-electron chi connectivity index (χ0n) is 15.5. The Labute approximate surface area is 164 Å². The number of nitrogens with zero attached hydrogens (tertiary/aromatic N) is 1. The summed E-state index contributed by atoms with van der Waals surface area (Å²) >= 11 is 0. The molecule has 0 unspecified atom stereocenters. The summed E-state index contributed by atoms with van der Waals surface area (Å²) < 4.78 is 15.8. The zero-order chi connectivity index (χ0) is 18.5. The smallest absolute Gasteiger partial charge is 0.340 e. The van der Waals surface area contributed by atoms with E-state index in [1.54, 1.807) is 27.3 Å². The van der Waals surface area contributed by atoms with Crippen LogP contribution in [0.2, 0.25) is 0 Å². The molecule has 3 rings (SSSR count). The van der Waals surface area contributed by atoms with Crippen molar-refractivity contribution in [1.29, 1.82) is 0 Å². The third-order valence-electron chi connectivity index (χ3n) is 4.19. The van der Waals surface area contributed by atoms with Crippen molar-refractivity contribution >= 4 is 29.1 Å². The van der Waals surface area contributed by atoms with E-state index in [4.69, 9.17) is 14.2 Å². The van der Waals surface area contributed by atoms with Crippen LogP contribution in [0.5, 0.6) is 11.5 Å². The summed E-state index contributed by atoms with van der Waals surface area (Å²) in [6.45, 7) is 2.12. The highest BCUT2D eigenvalue weighted by atomic mass is 35.5. The number of methoxy groups -OCH3 is 2. The van der Waals surface area contributed by atoms with Gasteiger partial charge in [-0.25, -0.2) is 4.79 Å².